The molecule has 0 radical (unpaired) electrons. The highest BCUT2D eigenvalue weighted by Crippen LogP contribution is 2.28. The average Bonchev–Trinajstić information content (AvgIpc) is 3.02. The van der Waals surface area contributed by atoms with E-state index in [9.17, 15) is 14.4 Å². The molecule has 0 bridgehead atoms. The van der Waals surface area contributed by atoms with Crippen LogP contribution in [0.15, 0.2) is 30.5 Å². The lowest BCUT2D eigenvalue weighted by Crippen LogP contribution is -2.52. The van der Waals surface area contributed by atoms with Crippen molar-refractivity contribution < 1.29 is 14.4 Å². The van der Waals surface area contributed by atoms with Crippen molar-refractivity contribution in [2.45, 2.75) is 38.5 Å². The van der Waals surface area contributed by atoms with Gasteiger partial charge in [-0.15, -0.1) is 0 Å². The number of rotatable bonds is 5. The molecular weight excluding hydrogens is 360 g/mol. The van der Waals surface area contributed by atoms with Gasteiger partial charge in [-0.3, -0.25) is 19.7 Å². The molecule has 1 aromatic carbocycles. The van der Waals surface area contributed by atoms with Crippen LogP contribution in [0.3, 0.4) is 0 Å². The molecule has 0 spiro atoms. The number of carbonyl (C=O) groups excluding carboxylic acids is 3. The molecular formula is C19H20N6O3. The number of anilines is 1. The molecule has 9 heteroatoms. The lowest BCUT2D eigenvalue weighted by atomic mass is 10.0. The van der Waals surface area contributed by atoms with E-state index in [1.165, 1.54) is 0 Å². The van der Waals surface area contributed by atoms with E-state index in [0.717, 1.165) is 11.1 Å². The van der Waals surface area contributed by atoms with Crippen LogP contribution < -0.4 is 16.4 Å². The van der Waals surface area contributed by atoms with Gasteiger partial charge in [-0.1, -0.05) is 12.1 Å². The van der Waals surface area contributed by atoms with Crippen LogP contribution in [0.4, 0.5) is 5.82 Å². The fourth-order valence-corrected chi connectivity index (χ4v) is 3.53. The molecule has 0 saturated carbocycles. The van der Waals surface area contributed by atoms with Gasteiger partial charge in [0.25, 0.3) is 5.91 Å². The number of carbonyl (C=O) groups is 3. The third-order valence-electron chi connectivity index (χ3n) is 4.95. The predicted octanol–water partition coefficient (Wildman–Crippen LogP) is 0.308. The first-order chi connectivity index (χ1) is 13.5. The quantitative estimate of drug-likeness (QED) is 0.636. The molecule has 1 saturated heterocycles. The summed E-state index contributed by atoms with van der Waals surface area (Å²) in [5, 5.41) is 5.53. The van der Waals surface area contributed by atoms with Gasteiger partial charge in [0.15, 0.2) is 0 Å². The first-order valence-electron chi connectivity index (χ1n) is 9.07. The molecule has 3 amide bonds. The van der Waals surface area contributed by atoms with Gasteiger partial charge in [0.1, 0.15) is 17.7 Å². The molecule has 0 aliphatic carbocycles. The van der Waals surface area contributed by atoms with E-state index in [-0.39, 0.29) is 24.8 Å². The number of nitrogens with zero attached hydrogens (tertiary/aromatic N) is 3. The summed E-state index contributed by atoms with van der Waals surface area (Å²) in [6.07, 6.45) is 2.25. The second-order valence-electron chi connectivity index (χ2n) is 6.81. The summed E-state index contributed by atoms with van der Waals surface area (Å²) in [5.74, 6) is 0.370. The molecule has 4 N–H and O–H groups in total. The number of amides is 3. The Labute approximate surface area is 161 Å². The van der Waals surface area contributed by atoms with Crippen molar-refractivity contribution in [2.75, 3.05) is 5.32 Å². The number of aromatic nitrogens is 2. The standard InChI is InChI=1S/C19H20N6O3/c20-8-16-21-6-5-15(23-16)22-9-11-1-2-13-12(7-11)10-25(19(13)28)14-3-4-17(26)24-18(14)27/h1-2,5-7,14H,3-4,8-10,20H2,(H,21,22,23)(H,24,26,27). The van der Waals surface area contributed by atoms with Crippen molar-refractivity contribution in [1.82, 2.24) is 20.2 Å². The maximum atomic E-state index is 12.7. The topological polar surface area (TPSA) is 130 Å². The Morgan fingerprint density at radius 3 is 2.89 bits per heavy atom. The highest BCUT2D eigenvalue weighted by Gasteiger charge is 2.38. The van der Waals surface area contributed by atoms with Gasteiger partial charge in [0.05, 0.1) is 6.54 Å². The molecule has 3 heterocycles. The minimum atomic E-state index is -0.602. The van der Waals surface area contributed by atoms with Crippen LogP contribution in [0.1, 0.15) is 40.2 Å². The summed E-state index contributed by atoms with van der Waals surface area (Å²) in [7, 11) is 0. The van der Waals surface area contributed by atoms with Gasteiger partial charge in [-0.2, -0.15) is 0 Å². The van der Waals surface area contributed by atoms with Gasteiger partial charge in [0.2, 0.25) is 11.8 Å². The molecule has 2 aromatic rings. The van der Waals surface area contributed by atoms with Gasteiger partial charge in [0, 0.05) is 31.3 Å². The van der Waals surface area contributed by atoms with E-state index in [2.05, 4.69) is 20.6 Å². The van der Waals surface area contributed by atoms with Crippen molar-refractivity contribution in [3.05, 3.63) is 53.0 Å². The van der Waals surface area contributed by atoms with Crippen molar-refractivity contribution in [2.24, 2.45) is 5.73 Å². The van der Waals surface area contributed by atoms with Crippen molar-refractivity contribution in [3.63, 3.8) is 0 Å². The van der Waals surface area contributed by atoms with E-state index >= 15 is 0 Å². The van der Waals surface area contributed by atoms with Crippen molar-refractivity contribution in [1.29, 1.82) is 0 Å². The Bertz CT molecular complexity index is 960. The smallest absolute Gasteiger partial charge is 0.255 e. The van der Waals surface area contributed by atoms with Gasteiger partial charge in [-0.05, 0) is 29.7 Å². The number of nitrogens with two attached hydrogens (primary N) is 1. The monoisotopic (exact) mass is 380 g/mol. The SMILES string of the molecule is NCc1nccc(NCc2ccc3c(c2)CN(C2CCC(=O)NC2=O)C3=O)n1. The fourth-order valence-electron chi connectivity index (χ4n) is 3.53. The second-order valence-corrected chi connectivity index (χ2v) is 6.81. The van der Waals surface area contributed by atoms with E-state index in [1.807, 2.05) is 12.1 Å². The number of hydrogen-bond acceptors (Lipinski definition) is 7. The van der Waals surface area contributed by atoms with Crippen LogP contribution in [-0.2, 0) is 29.2 Å². The van der Waals surface area contributed by atoms with E-state index in [1.54, 1.807) is 23.2 Å². The third kappa shape index (κ3) is 3.44. The molecule has 4 rings (SSSR count). The second kappa shape index (κ2) is 7.35. The summed E-state index contributed by atoms with van der Waals surface area (Å²) in [6, 6.07) is 6.78. The van der Waals surface area contributed by atoms with Crippen LogP contribution in [0.25, 0.3) is 0 Å². The highest BCUT2D eigenvalue weighted by atomic mass is 16.2. The summed E-state index contributed by atoms with van der Waals surface area (Å²) < 4.78 is 0. The normalized spacial score (nSPS) is 18.8. The van der Waals surface area contributed by atoms with E-state index < -0.39 is 11.9 Å². The number of benzene rings is 1. The van der Waals surface area contributed by atoms with Crippen molar-refractivity contribution >= 4 is 23.5 Å². The summed E-state index contributed by atoms with van der Waals surface area (Å²) in [4.78, 5) is 46.1. The van der Waals surface area contributed by atoms with Gasteiger partial charge in [-0.25, -0.2) is 9.97 Å². The predicted molar refractivity (Wildman–Crippen MR) is 99.7 cm³/mol. The zero-order chi connectivity index (χ0) is 19.7. The number of fused-ring (bicyclic) bond motifs is 1. The molecule has 28 heavy (non-hydrogen) atoms. The van der Waals surface area contributed by atoms with Crippen LogP contribution in [0, 0.1) is 0 Å². The molecule has 2 aliphatic rings. The van der Waals surface area contributed by atoms with Gasteiger partial charge >= 0.3 is 0 Å². The molecule has 1 atom stereocenters. The Kier molecular flexibility index (Phi) is 4.74. The van der Waals surface area contributed by atoms with Gasteiger partial charge < -0.3 is 16.0 Å². The molecule has 144 valence electrons. The van der Waals surface area contributed by atoms with Crippen molar-refractivity contribution in [3.8, 4) is 0 Å². The largest absolute Gasteiger partial charge is 0.366 e. The fraction of sp³-hybridized carbons (Fsp3) is 0.316. The molecule has 9 nitrogen and oxygen atoms in total. The van der Waals surface area contributed by atoms with Crippen LogP contribution in [0.2, 0.25) is 0 Å². The van der Waals surface area contributed by atoms with Crippen LogP contribution in [-0.4, -0.2) is 38.6 Å². The first kappa shape index (κ1) is 18.1. The Morgan fingerprint density at radius 2 is 2.11 bits per heavy atom. The lowest BCUT2D eigenvalue weighted by molar-refractivity contribution is -0.136. The van der Waals surface area contributed by atoms with E-state index in [0.29, 0.717) is 36.7 Å². The number of hydrogen-bond donors (Lipinski definition) is 3. The number of piperidine rings is 1. The first-order valence-corrected chi connectivity index (χ1v) is 9.07. The molecule has 1 unspecified atom stereocenters. The molecule has 1 aromatic heterocycles. The van der Waals surface area contributed by atoms with Crippen LogP contribution >= 0.6 is 0 Å². The summed E-state index contributed by atoms with van der Waals surface area (Å²) in [5.41, 5.74) is 8.02. The van der Waals surface area contributed by atoms with E-state index in [4.69, 9.17) is 5.73 Å². The summed E-state index contributed by atoms with van der Waals surface area (Å²) >= 11 is 0. The number of imide groups is 1. The lowest BCUT2D eigenvalue weighted by Gasteiger charge is -2.29. The summed E-state index contributed by atoms with van der Waals surface area (Å²) in [6.45, 7) is 1.16. The minimum Gasteiger partial charge on any atom is -0.366 e. The molecule has 2 aliphatic heterocycles. The minimum absolute atomic E-state index is 0.174. The zero-order valence-electron chi connectivity index (χ0n) is 15.1. The highest BCUT2D eigenvalue weighted by molar-refractivity contribution is 6.05. The Morgan fingerprint density at radius 1 is 1.25 bits per heavy atom. The van der Waals surface area contributed by atoms with Crippen LogP contribution in [0.5, 0.6) is 0 Å². The average molecular weight is 380 g/mol. The maximum absolute atomic E-state index is 12.7. The third-order valence-corrected chi connectivity index (χ3v) is 4.95. The maximum Gasteiger partial charge on any atom is 0.255 e. The zero-order valence-corrected chi connectivity index (χ0v) is 15.1. The number of nitrogens with one attached hydrogen (secondary N) is 2. The Balaban J connectivity index is 1.46. The molecule has 1 fully saturated rings. The Hall–Kier alpha value is -3.33.